The third-order valence-electron chi connectivity index (χ3n) is 4.47. The van der Waals surface area contributed by atoms with Crippen LogP contribution in [0.5, 0.6) is 0 Å². The van der Waals surface area contributed by atoms with Crippen LogP contribution >= 0.6 is 11.6 Å². The number of fused-ring (bicyclic) bond motifs is 1. The highest BCUT2D eigenvalue weighted by atomic mass is 35.5. The largest absolute Gasteiger partial charge is 0.321 e. The van der Waals surface area contributed by atoms with Crippen LogP contribution in [0.3, 0.4) is 0 Å². The number of carbonyl (C=O) groups excluding carboxylic acids is 1. The van der Waals surface area contributed by atoms with Crippen LogP contribution in [0, 0.1) is 19.7 Å². The van der Waals surface area contributed by atoms with Gasteiger partial charge in [0.15, 0.2) is 0 Å². The van der Waals surface area contributed by atoms with E-state index in [1.54, 1.807) is 28.9 Å². The van der Waals surface area contributed by atoms with Crippen LogP contribution in [0.2, 0.25) is 5.02 Å². The molecule has 1 aliphatic heterocycles. The fourth-order valence-electron chi connectivity index (χ4n) is 3.15. The number of nitrogens with zero attached hydrogens (tertiary/aromatic N) is 2. The SMILES string of the molecule is Cc1nn(-c2ccc(F)cc2)c(C)c1/C=C1\C(=O)Nc2cc(Cl)ccc21. The predicted octanol–water partition coefficient (Wildman–Crippen LogP) is 4.77. The number of anilines is 1. The van der Waals surface area contributed by atoms with Gasteiger partial charge >= 0.3 is 0 Å². The molecule has 1 aliphatic rings. The molecule has 26 heavy (non-hydrogen) atoms. The van der Waals surface area contributed by atoms with Crippen LogP contribution < -0.4 is 5.32 Å². The highest BCUT2D eigenvalue weighted by Crippen LogP contribution is 2.35. The minimum absolute atomic E-state index is 0.171. The van der Waals surface area contributed by atoms with Gasteiger partial charge in [0.2, 0.25) is 0 Å². The maximum absolute atomic E-state index is 13.2. The number of aryl methyl sites for hydroxylation is 1. The molecule has 0 unspecified atom stereocenters. The van der Waals surface area contributed by atoms with Crippen molar-refractivity contribution in [2.45, 2.75) is 13.8 Å². The second kappa shape index (κ2) is 6.11. The van der Waals surface area contributed by atoms with E-state index in [0.29, 0.717) is 16.3 Å². The minimum atomic E-state index is -0.296. The molecule has 0 spiro atoms. The van der Waals surface area contributed by atoms with Gasteiger partial charge in [0, 0.05) is 27.4 Å². The lowest BCUT2D eigenvalue weighted by Crippen LogP contribution is -2.03. The van der Waals surface area contributed by atoms with E-state index in [1.165, 1.54) is 12.1 Å². The second-order valence-electron chi connectivity index (χ2n) is 6.17. The fraction of sp³-hybridized carbons (Fsp3) is 0.100. The quantitative estimate of drug-likeness (QED) is 0.663. The first kappa shape index (κ1) is 16.5. The Balaban J connectivity index is 1.82. The molecule has 0 atom stereocenters. The van der Waals surface area contributed by atoms with Gasteiger partial charge in [-0.3, -0.25) is 4.79 Å². The summed E-state index contributed by atoms with van der Waals surface area (Å²) in [4.78, 5) is 12.4. The van der Waals surface area contributed by atoms with Crippen molar-refractivity contribution in [3.63, 3.8) is 0 Å². The lowest BCUT2D eigenvalue weighted by atomic mass is 10.0. The minimum Gasteiger partial charge on any atom is -0.321 e. The van der Waals surface area contributed by atoms with Gasteiger partial charge in [-0.2, -0.15) is 5.10 Å². The van der Waals surface area contributed by atoms with Crippen molar-refractivity contribution < 1.29 is 9.18 Å². The monoisotopic (exact) mass is 367 g/mol. The summed E-state index contributed by atoms with van der Waals surface area (Å²) in [7, 11) is 0. The zero-order chi connectivity index (χ0) is 18.4. The van der Waals surface area contributed by atoms with E-state index < -0.39 is 0 Å². The maximum atomic E-state index is 13.2. The molecule has 1 amide bonds. The Morgan fingerprint density at radius 3 is 2.62 bits per heavy atom. The van der Waals surface area contributed by atoms with Gasteiger partial charge in [-0.1, -0.05) is 17.7 Å². The molecule has 4 rings (SSSR count). The first-order valence-electron chi connectivity index (χ1n) is 8.09. The normalized spacial score (nSPS) is 14.6. The summed E-state index contributed by atoms with van der Waals surface area (Å²) in [5, 5.41) is 7.95. The van der Waals surface area contributed by atoms with E-state index in [9.17, 15) is 9.18 Å². The van der Waals surface area contributed by atoms with Crippen LogP contribution in [0.1, 0.15) is 22.5 Å². The Bertz CT molecular complexity index is 1070. The summed E-state index contributed by atoms with van der Waals surface area (Å²) in [5.74, 6) is -0.467. The van der Waals surface area contributed by atoms with Gasteiger partial charge in [-0.05, 0) is 56.3 Å². The van der Waals surface area contributed by atoms with E-state index >= 15 is 0 Å². The van der Waals surface area contributed by atoms with Crippen molar-refractivity contribution in [2.75, 3.05) is 5.32 Å². The van der Waals surface area contributed by atoms with Crippen LogP contribution in [0.25, 0.3) is 17.3 Å². The van der Waals surface area contributed by atoms with Crippen molar-refractivity contribution in [2.24, 2.45) is 0 Å². The van der Waals surface area contributed by atoms with Gasteiger partial charge in [0.05, 0.1) is 17.1 Å². The van der Waals surface area contributed by atoms with Crippen molar-refractivity contribution in [1.82, 2.24) is 9.78 Å². The van der Waals surface area contributed by atoms with Crippen LogP contribution in [0.4, 0.5) is 10.1 Å². The standard InChI is InChI=1S/C20H15ClFN3O/c1-11-17(12(2)25(24-11)15-6-4-14(22)5-7-15)10-18-16-8-3-13(21)9-19(16)23-20(18)26/h3-10H,1-2H3,(H,23,26)/b18-10-. The van der Waals surface area contributed by atoms with E-state index in [1.807, 2.05) is 26.0 Å². The highest BCUT2D eigenvalue weighted by Gasteiger charge is 2.25. The summed E-state index contributed by atoms with van der Waals surface area (Å²) >= 11 is 6.00. The number of carbonyl (C=O) groups is 1. The topological polar surface area (TPSA) is 46.9 Å². The first-order chi connectivity index (χ1) is 12.4. The van der Waals surface area contributed by atoms with Gasteiger partial charge in [-0.15, -0.1) is 0 Å². The third-order valence-corrected chi connectivity index (χ3v) is 4.71. The molecule has 4 nitrogen and oxygen atoms in total. The summed E-state index contributed by atoms with van der Waals surface area (Å²) in [6, 6.07) is 11.5. The van der Waals surface area contributed by atoms with Crippen molar-refractivity contribution in [3.05, 3.63) is 75.8 Å². The molecule has 0 aliphatic carbocycles. The molecule has 0 fully saturated rings. The van der Waals surface area contributed by atoms with Crippen LogP contribution in [-0.4, -0.2) is 15.7 Å². The number of rotatable bonds is 2. The average molecular weight is 368 g/mol. The molecule has 0 saturated heterocycles. The number of nitrogens with one attached hydrogen (secondary N) is 1. The van der Waals surface area contributed by atoms with E-state index in [-0.39, 0.29) is 11.7 Å². The Labute approximate surface area is 154 Å². The number of halogens is 2. The van der Waals surface area contributed by atoms with Gasteiger partial charge in [0.1, 0.15) is 5.82 Å². The summed E-state index contributed by atoms with van der Waals surface area (Å²) in [5.41, 5.74) is 5.37. The molecule has 1 aromatic heterocycles. The second-order valence-corrected chi connectivity index (χ2v) is 6.61. The third kappa shape index (κ3) is 2.70. The van der Waals surface area contributed by atoms with Gasteiger partial charge in [-0.25, -0.2) is 9.07 Å². The lowest BCUT2D eigenvalue weighted by Gasteiger charge is -2.04. The number of hydrogen-bond acceptors (Lipinski definition) is 2. The molecule has 0 radical (unpaired) electrons. The zero-order valence-corrected chi connectivity index (χ0v) is 14.9. The Kier molecular flexibility index (Phi) is 3.89. The molecule has 0 bridgehead atoms. The first-order valence-corrected chi connectivity index (χ1v) is 8.47. The molecule has 130 valence electrons. The van der Waals surface area contributed by atoms with E-state index in [0.717, 1.165) is 28.2 Å². The highest BCUT2D eigenvalue weighted by molar-refractivity contribution is 6.36. The van der Waals surface area contributed by atoms with Crippen molar-refractivity contribution >= 4 is 34.8 Å². The molecular weight excluding hydrogens is 353 g/mol. The summed E-state index contributed by atoms with van der Waals surface area (Å²) < 4.78 is 14.9. The molecular formula is C20H15ClFN3O. The Morgan fingerprint density at radius 1 is 1.15 bits per heavy atom. The number of hydrogen-bond donors (Lipinski definition) is 1. The number of amides is 1. The van der Waals surface area contributed by atoms with Crippen LogP contribution in [-0.2, 0) is 4.79 Å². The van der Waals surface area contributed by atoms with Crippen molar-refractivity contribution in [1.29, 1.82) is 0 Å². The fourth-order valence-corrected chi connectivity index (χ4v) is 3.32. The van der Waals surface area contributed by atoms with Crippen molar-refractivity contribution in [3.8, 4) is 5.69 Å². The average Bonchev–Trinajstić information content (AvgIpc) is 3.06. The molecule has 0 saturated carbocycles. The number of aromatic nitrogens is 2. The van der Waals surface area contributed by atoms with Crippen LogP contribution in [0.15, 0.2) is 42.5 Å². The predicted molar refractivity (Wildman–Crippen MR) is 101 cm³/mol. The Hall–Kier alpha value is -2.92. The Morgan fingerprint density at radius 2 is 1.88 bits per heavy atom. The molecule has 3 aromatic rings. The zero-order valence-electron chi connectivity index (χ0n) is 14.2. The molecule has 2 heterocycles. The summed E-state index contributed by atoms with van der Waals surface area (Å²) in [6.07, 6.45) is 1.84. The van der Waals surface area contributed by atoms with Gasteiger partial charge < -0.3 is 5.32 Å². The summed E-state index contributed by atoms with van der Waals surface area (Å²) in [6.45, 7) is 3.81. The molecule has 6 heteroatoms. The number of benzene rings is 2. The lowest BCUT2D eigenvalue weighted by molar-refractivity contribution is -0.110. The van der Waals surface area contributed by atoms with E-state index in [2.05, 4.69) is 10.4 Å². The molecule has 1 N–H and O–H groups in total. The smallest absolute Gasteiger partial charge is 0.256 e. The molecule has 2 aromatic carbocycles. The van der Waals surface area contributed by atoms with Gasteiger partial charge in [0.25, 0.3) is 5.91 Å². The maximum Gasteiger partial charge on any atom is 0.256 e. The van der Waals surface area contributed by atoms with E-state index in [4.69, 9.17) is 11.6 Å².